The van der Waals surface area contributed by atoms with Gasteiger partial charge in [0, 0.05) is 24.1 Å². The summed E-state index contributed by atoms with van der Waals surface area (Å²) in [5, 5.41) is 14.2. The summed E-state index contributed by atoms with van der Waals surface area (Å²) < 4.78 is 0. The molecule has 0 spiro atoms. The largest absolute Gasteiger partial charge is 0.508 e. The second-order valence-corrected chi connectivity index (χ2v) is 5.89. The van der Waals surface area contributed by atoms with Crippen LogP contribution in [0.3, 0.4) is 0 Å². The van der Waals surface area contributed by atoms with Crippen LogP contribution in [0.1, 0.15) is 33.6 Å². The standard InChI is InChI=1S/C21H19NO3/c23-19-11-9-16(10-12-19)20(24)6-3-13-22-21(25)18-8-7-15-4-1-2-5-17(15)14-18/h1-2,4-5,7-12,14,23H,3,6,13H2,(H,22,25). The highest BCUT2D eigenvalue weighted by Gasteiger charge is 2.08. The van der Waals surface area contributed by atoms with E-state index in [0.717, 1.165) is 10.8 Å². The molecular weight excluding hydrogens is 314 g/mol. The average Bonchev–Trinajstić information content (AvgIpc) is 2.65. The highest BCUT2D eigenvalue weighted by Crippen LogP contribution is 2.15. The predicted molar refractivity (Wildman–Crippen MR) is 98.0 cm³/mol. The Morgan fingerprint density at radius 1 is 0.840 bits per heavy atom. The highest BCUT2D eigenvalue weighted by molar-refractivity contribution is 5.98. The van der Waals surface area contributed by atoms with Crippen LogP contribution >= 0.6 is 0 Å². The summed E-state index contributed by atoms with van der Waals surface area (Å²) in [5.74, 6) is 0.00184. The third-order valence-electron chi connectivity index (χ3n) is 4.07. The van der Waals surface area contributed by atoms with Crippen molar-refractivity contribution in [3.63, 3.8) is 0 Å². The van der Waals surface area contributed by atoms with Gasteiger partial charge in [0.1, 0.15) is 5.75 Å². The van der Waals surface area contributed by atoms with E-state index in [2.05, 4.69) is 5.32 Å². The second-order valence-electron chi connectivity index (χ2n) is 5.89. The van der Waals surface area contributed by atoms with Gasteiger partial charge in [-0.05, 0) is 53.6 Å². The SMILES string of the molecule is O=C(CCCNC(=O)c1ccc2ccccc2c1)c1ccc(O)cc1. The van der Waals surface area contributed by atoms with Gasteiger partial charge < -0.3 is 10.4 Å². The van der Waals surface area contributed by atoms with Gasteiger partial charge in [0.05, 0.1) is 0 Å². The molecule has 0 aliphatic heterocycles. The molecular formula is C21H19NO3. The molecule has 3 rings (SSSR count). The van der Waals surface area contributed by atoms with E-state index >= 15 is 0 Å². The Balaban J connectivity index is 1.50. The van der Waals surface area contributed by atoms with E-state index in [4.69, 9.17) is 0 Å². The van der Waals surface area contributed by atoms with Crippen LogP contribution in [0.25, 0.3) is 10.8 Å². The molecule has 0 heterocycles. The molecule has 25 heavy (non-hydrogen) atoms. The molecule has 0 radical (unpaired) electrons. The van der Waals surface area contributed by atoms with Crippen molar-refractivity contribution in [1.82, 2.24) is 5.32 Å². The smallest absolute Gasteiger partial charge is 0.251 e. The fourth-order valence-corrected chi connectivity index (χ4v) is 2.68. The van der Waals surface area contributed by atoms with Crippen LogP contribution in [-0.4, -0.2) is 23.3 Å². The summed E-state index contributed by atoms with van der Waals surface area (Å²) in [6.07, 6.45) is 0.918. The monoisotopic (exact) mass is 333 g/mol. The number of ketones is 1. The molecule has 4 nitrogen and oxygen atoms in total. The van der Waals surface area contributed by atoms with Crippen LogP contribution in [0.2, 0.25) is 0 Å². The number of phenols is 1. The minimum atomic E-state index is -0.136. The summed E-state index contributed by atoms with van der Waals surface area (Å²) in [5.41, 5.74) is 1.18. The quantitative estimate of drug-likeness (QED) is 0.530. The highest BCUT2D eigenvalue weighted by atomic mass is 16.3. The average molecular weight is 333 g/mol. The summed E-state index contributed by atoms with van der Waals surface area (Å²) in [6.45, 7) is 0.440. The van der Waals surface area contributed by atoms with Crippen molar-refractivity contribution in [3.8, 4) is 5.75 Å². The lowest BCUT2D eigenvalue weighted by Gasteiger charge is -2.06. The van der Waals surface area contributed by atoms with Gasteiger partial charge in [-0.15, -0.1) is 0 Å². The number of fused-ring (bicyclic) bond motifs is 1. The number of hydrogen-bond donors (Lipinski definition) is 2. The number of benzene rings is 3. The van der Waals surface area contributed by atoms with Crippen LogP contribution < -0.4 is 5.32 Å². The maximum absolute atomic E-state index is 12.2. The topological polar surface area (TPSA) is 66.4 Å². The molecule has 1 amide bonds. The molecule has 0 bridgehead atoms. The van der Waals surface area contributed by atoms with Gasteiger partial charge in [-0.25, -0.2) is 0 Å². The first-order valence-electron chi connectivity index (χ1n) is 8.23. The first-order valence-corrected chi connectivity index (χ1v) is 8.23. The van der Waals surface area contributed by atoms with Crippen molar-refractivity contribution in [2.75, 3.05) is 6.54 Å². The lowest BCUT2D eigenvalue weighted by Crippen LogP contribution is -2.24. The van der Waals surface area contributed by atoms with Gasteiger partial charge in [-0.2, -0.15) is 0 Å². The third kappa shape index (κ3) is 4.23. The summed E-state index contributed by atoms with van der Waals surface area (Å²) in [4.78, 5) is 24.2. The number of carbonyl (C=O) groups is 2. The predicted octanol–water partition coefficient (Wildman–Crippen LogP) is 3.94. The van der Waals surface area contributed by atoms with Gasteiger partial charge in [-0.3, -0.25) is 9.59 Å². The molecule has 0 aliphatic carbocycles. The van der Waals surface area contributed by atoms with Gasteiger partial charge in [-0.1, -0.05) is 30.3 Å². The molecule has 0 aromatic heterocycles. The van der Waals surface area contributed by atoms with E-state index in [9.17, 15) is 14.7 Å². The zero-order valence-electron chi connectivity index (χ0n) is 13.7. The summed E-state index contributed by atoms with van der Waals surface area (Å²) >= 11 is 0. The van der Waals surface area contributed by atoms with Crippen LogP contribution in [0, 0.1) is 0 Å². The van der Waals surface area contributed by atoms with Gasteiger partial charge >= 0.3 is 0 Å². The fourth-order valence-electron chi connectivity index (χ4n) is 2.68. The van der Waals surface area contributed by atoms with E-state index in [1.54, 1.807) is 18.2 Å². The molecule has 3 aromatic carbocycles. The van der Waals surface area contributed by atoms with E-state index < -0.39 is 0 Å². The van der Waals surface area contributed by atoms with Gasteiger partial charge in [0.15, 0.2) is 5.78 Å². The minimum Gasteiger partial charge on any atom is -0.508 e. The molecule has 2 N–H and O–H groups in total. The first kappa shape index (κ1) is 16.7. The van der Waals surface area contributed by atoms with E-state index in [-0.39, 0.29) is 17.4 Å². The number of amides is 1. The maximum atomic E-state index is 12.2. The van der Waals surface area contributed by atoms with Crippen LogP contribution in [0.4, 0.5) is 0 Å². The molecule has 0 atom stereocenters. The van der Waals surface area contributed by atoms with Crippen molar-refractivity contribution in [1.29, 1.82) is 0 Å². The maximum Gasteiger partial charge on any atom is 0.251 e. The molecule has 0 fully saturated rings. The first-order chi connectivity index (χ1) is 12.1. The normalized spacial score (nSPS) is 10.6. The van der Waals surface area contributed by atoms with Crippen LogP contribution in [-0.2, 0) is 0 Å². The van der Waals surface area contributed by atoms with Crippen molar-refractivity contribution in [2.45, 2.75) is 12.8 Å². The molecule has 3 aromatic rings. The van der Waals surface area contributed by atoms with E-state index in [0.29, 0.717) is 30.5 Å². The van der Waals surface area contributed by atoms with E-state index in [1.165, 1.54) is 12.1 Å². The summed E-state index contributed by atoms with van der Waals surface area (Å²) in [7, 11) is 0. The Morgan fingerprint density at radius 3 is 2.28 bits per heavy atom. The minimum absolute atomic E-state index is 0.0000425. The molecule has 0 saturated heterocycles. The number of aromatic hydroxyl groups is 1. The number of rotatable bonds is 6. The number of Topliss-reactive ketones (excluding diaryl/α,β-unsaturated/α-hetero) is 1. The molecule has 126 valence electrons. The number of phenolic OH excluding ortho intramolecular Hbond substituents is 1. The third-order valence-corrected chi connectivity index (χ3v) is 4.07. The summed E-state index contributed by atoms with van der Waals surface area (Å²) in [6, 6.07) is 19.7. The van der Waals surface area contributed by atoms with Crippen molar-refractivity contribution in [3.05, 3.63) is 77.9 Å². The lowest BCUT2D eigenvalue weighted by molar-refractivity contribution is 0.0938. The zero-order valence-corrected chi connectivity index (χ0v) is 13.7. The Hall–Kier alpha value is -3.14. The number of carbonyl (C=O) groups excluding carboxylic acids is 2. The van der Waals surface area contributed by atoms with Crippen LogP contribution in [0.5, 0.6) is 5.75 Å². The van der Waals surface area contributed by atoms with Crippen molar-refractivity contribution < 1.29 is 14.7 Å². The number of hydrogen-bond acceptors (Lipinski definition) is 3. The Morgan fingerprint density at radius 2 is 1.52 bits per heavy atom. The fraction of sp³-hybridized carbons (Fsp3) is 0.143. The Labute approximate surface area is 146 Å². The molecule has 0 unspecified atom stereocenters. The lowest BCUT2D eigenvalue weighted by atomic mass is 10.1. The van der Waals surface area contributed by atoms with Gasteiger partial charge in [0.2, 0.25) is 0 Å². The molecule has 0 saturated carbocycles. The number of nitrogens with one attached hydrogen (secondary N) is 1. The Kier molecular flexibility index (Phi) is 5.09. The van der Waals surface area contributed by atoms with E-state index in [1.807, 2.05) is 36.4 Å². The van der Waals surface area contributed by atoms with Crippen LogP contribution in [0.15, 0.2) is 66.7 Å². The second kappa shape index (κ2) is 7.62. The van der Waals surface area contributed by atoms with Crippen molar-refractivity contribution in [2.24, 2.45) is 0 Å². The van der Waals surface area contributed by atoms with Gasteiger partial charge in [0.25, 0.3) is 5.91 Å². The zero-order chi connectivity index (χ0) is 17.6. The van der Waals surface area contributed by atoms with Crippen molar-refractivity contribution >= 4 is 22.5 Å². The Bertz CT molecular complexity index is 900. The molecule has 4 heteroatoms. The molecule has 0 aliphatic rings.